The highest BCUT2D eigenvalue weighted by Crippen LogP contribution is 2.20. The molecule has 0 bridgehead atoms. The summed E-state index contributed by atoms with van der Waals surface area (Å²) >= 11 is 0. The number of carbonyl (C=O) groups excluding carboxylic acids is 1. The molecule has 1 amide bonds. The number of anilines is 1. The van der Waals surface area contributed by atoms with Crippen LogP contribution in [0, 0.1) is 5.82 Å². The van der Waals surface area contributed by atoms with Crippen molar-refractivity contribution in [1.29, 1.82) is 0 Å². The molecule has 1 saturated heterocycles. The van der Waals surface area contributed by atoms with E-state index >= 15 is 0 Å². The number of hydrogen-bond acceptors (Lipinski definition) is 4. The highest BCUT2D eigenvalue weighted by atomic mass is 19.1. The molecule has 19 heavy (non-hydrogen) atoms. The van der Waals surface area contributed by atoms with Gasteiger partial charge in [-0.15, -0.1) is 0 Å². The molecule has 1 aromatic rings. The minimum Gasteiger partial charge on any atom is -0.399 e. The molecule has 0 aliphatic carbocycles. The molecular weight excluding hydrogens is 251 g/mol. The van der Waals surface area contributed by atoms with E-state index in [1.807, 2.05) is 0 Å². The van der Waals surface area contributed by atoms with E-state index in [0.29, 0.717) is 18.8 Å². The lowest BCUT2D eigenvalue weighted by Gasteiger charge is -2.16. The molecular formula is C13H17FN2O3. The monoisotopic (exact) mass is 268 g/mol. The summed E-state index contributed by atoms with van der Waals surface area (Å²) in [5.41, 5.74) is 5.92. The number of benzene rings is 1. The molecule has 104 valence electrons. The summed E-state index contributed by atoms with van der Waals surface area (Å²) < 4.78 is 24.2. The lowest BCUT2D eigenvalue weighted by Crippen LogP contribution is -2.30. The number of nitrogens with zero attached hydrogens (tertiary/aromatic N) is 1. The third-order valence-electron chi connectivity index (χ3n) is 3.33. The number of ether oxygens (including phenoxy) is 2. The average molecular weight is 268 g/mol. The van der Waals surface area contributed by atoms with Gasteiger partial charge in [0.15, 0.2) is 0 Å². The third kappa shape index (κ3) is 2.69. The van der Waals surface area contributed by atoms with E-state index in [4.69, 9.17) is 15.2 Å². The van der Waals surface area contributed by atoms with Crippen molar-refractivity contribution in [2.75, 3.05) is 33.0 Å². The van der Waals surface area contributed by atoms with Crippen molar-refractivity contribution < 1.29 is 18.7 Å². The smallest absolute Gasteiger partial charge is 0.257 e. The summed E-state index contributed by atoms with van der Waals surface area (Å²) in [5.74, 6) is -0.972. The first-order chi connectivity index (χ1) is 9.06. The zero-order chi connectivity index (χ0) is 14.0. The molecule has 5 nitrogen and oxygen atoms in total. The topological polar surface area (TPSA) is 64.8 Å². The van der Waals surface area contributed by atoms with Gasteiger partial charge < -0.3 is 20.1 Å². The summed E-state index contributed by atoms with van der Waals surface area (Å²) in [4.78, 5) is 13.8. The quantitative estimate of drug-likeness (QED) is 0.827. The van der Waals surface area contributed by atoms with E-state index in [0.717, 1.165) is 0 Å². The van der Waals surface area contributed by atoms with Gasteiger partial charge in [0, 0.05) is 33.0 Å². The molecule has 0 aromatic heterocycles. The SMILES string of the molecule is COC1CN(C(=O)c2cc(N)ccc2F)CC1OC. The maximum atomic E-state index is 13.7. The fraction of sp³-hybridized carbons (Fsp3) is 0.462. The Kier molecular flexibility index (Phi) is 4.01. The first-order valence-corrected chi connectivity index (χ1v) is 5.96. The lowest BCUT2D eigenvalue weighted by atomic mass is 10.1. The van der Waals surface area contributed by atoms with Crippen LogP contribution in [0.5, 0.6) is 0 Å². The summed E-state index contributed by atoms with van der Waals surface area (Å²) in [5, 5.41) is 0. The summed E-state index contributed by atoms with van der Waals surface area (Å²) in [6.07, 6.45) is -0.392. The van der Waals surface area contributed by atoms with Gasteiger partial charge in [-0.3, -0.25) is 4.79 Å². The van der Waals surface area contributed by atoms with E-state index in [-0.39, 0.29) is 17.8 Å². The van der Waals surface area contributed by atoms with Crippen LogP contribution >= 0.6 is 0 Å². The van der Waals surface area contributed by atoms with E-state index in [1.165, 1.54) is 23.1 Å². The van der Waals surface area contributed by atoms with Gasteiger partial charge in [-0.1, -0.05) is 0 Å². The highest BCUT2D eigenvalue weighted by Gasteiger charge is 2.36. The normalized spacial score (nSPS) is 22.8. The maximum absolute atomic E-state index is 13.7. The predicted octanol–water partition coefficient (Wildman–Crippen LogP) is 0.894. The van der Waals surface area contributed by atoms with E-state index in [1.54, 1.807) is 14.2 Å². The number of nitrogen functional groups attached to an aromatic ring is 1. The molecule has 2 rings (SSSR count). The number of hydrogen-bond donors (Lipinski definition) is 1. The number of rotatable bonds is 3. The molecule has 1 aliphatic heterocycles. The maximum Gasteiger partial charge on any atom is 0.257 e. The minimum absolute atomic E-state index is 0.0217. The average Bonchev–Trinajstić information content (AvgIpc) is 2.84. The van der Waals surface area contributed by atoms with Crippen LogP contribution in [0.4, 0.5) is 10.1 Å². The van der Waals surface area contributed by atoms with Crippen molar-refractivity contribution in [2.45, 2.75) is 12.2 Å². The Morgan fingerprint density at radius 3 is 2.42 bits per heavy atom. The van der Waals surface area contributed by atoms with Crippen LogP contribution in [0.2, 0.25) is 0 Å². The van der Waals surface area contributed by atoms with Crippen molar-refractivity contribution in [1.82, 2.24) is 4.90 Å². The molecule has 1 heterocycles. The Hall–Kier alpha value is -1.66. The molecule has 2 N–H and O–H groups in total. The second-order valence-electron chi connectivity index (χ2n) is 4.50. The van der Waals surface area contributed by atoms with Crippen LogP contribution in [0.1, 0.15) is 10.4 Å². The number of amides is 1. The van der Waals surface area contributed by atoms with Gasteiger partial charge in [0.1, 0.15) is 18.0 Å². The molecule has 1 aromatic carbocycles. The zero-order valence-electron chi connectivity index (χ0n) is 10.9. The first kappa shape index (κ1) is 13.8. The summed E-state index contributed by atoms with van der Waals surface area (Å²) in [7, 11) is 3.12. The lowest BCUT2D eigenvalue weighted by molar-refractivity contribution is -0.00461. The third-order valence-corrected chi connectivity index (χ3v) is 3.33. The van der Waals surface area contributed by atoms with Crippen LogP contribution in [0.25, 0.3) is 0 Å². The number of nitrogens with two attached hydrogens (primary N) is 1. The van der Waals surface area contributed by atoms with E-state index in [2.05, 4.69) is 0 Å². The van der Waals surface area contributed by atoms with Gasteiger partial charge in [-0.05, 0) is 18.2 Å². The molecule has 6 heteroatoms. The van der Waals surface area contributed by atoms with Crippen LogP contribution in [0.3, 0.4) is 0 Å². The standard InChI is InChI=1S/C13H17FN2O3/c1-18-11-6-16(7-12(11)19-2)13(17)9-5-8(15)3-4-10(9)14/h3-5,11-12H,6-7,15H2,1-2H3. The molecule has 1 aliphatic rings. The number of methoxy groups -OCH3 is 2. The van der Waals surface area contributed by atoms with Crippen molar-refractivity contribution in [2.24, 2.45) is 0 Å². The van der Waals surface area contributed by atoms with Crippen molar-refractivity contribution >= 4 is 11.6 Å². The molecule has 0 spiro atoms. The minimum atomic E-state index is -0.575. The zero-order valence-corrected chi connectivity index (χ0v) is 10.9. The largest absolute Gasteiger partial charge is 0.399 e. The molecule has 0 saturated carbocycles. The Bertz CT molecular complexity index is 469. The van der Waals surface area contributed by atoms with E-state index < -0.39 is 11.7 Å². The first-order valence-electron chi connectivity index (χ1n) is 5.96. The summed E-state index contributed by atoms with van der Waals surface area (Å²) in [6, 6.07) is 3.96. The van der Waals surface area contributed by atoms with Gasteiger partial charge in [-0.25, -0.2) is 4.39 Å². The Balaban J connectivity index is 2.19. The molecule has 1 fully saturated rings. The van der Waals surface area contributed by atoms with E-state index in [9.17, 15) is 9.18 Å². The van der Waals surface area contributed by atoms with Gasteiger partial charge in [0.25, 0.3) is 5.91 Å². The number of likely N-dealkylation sites (tertiary alicyclic amines) is 1. The van der Waals surface area contributed by atoms with Gasteiger partial charge >= 0.3 is 0 Å². The predicted molar refractivity (Wildman–Crippen MR) is 68.3 cm³/mol. The van der Waals surface area contributed by atoms with Crippen LogP contribution in [-0.2, 0) is 9.47 Å². The van der Waals surface area contributed by atoms with Crippen molar-refractivity contribution in [3.05, 3.63) is 29.6 Å². The van der Waals surface area contributed by atoms with Crippen molar-refractivity contribution in [3.8, 4) is 0 Å². The van der Waals surface area contributed by atoms with Crippen LogP contribution < -0.4 is 5.73 Å². The highest BCUT2D eigenvalue weighted by molar-refractivity contribution is 5.95. The van der Waals surface area contributed by atoms with Gasteiger partial charge in [0.2, 0.25) is 0 Å². The van der Waals surface area contributed by atoms with Crippen LogP contribution in [-0.4, -0.2) is 50.3 Å². The molecule has 2 atom stereocenters. The Morgan fingerprint density at radius 1 is 1.32 bits per heavy atom. The molecule has 2 unspecified atom stereocenters. The fourth-order valence-electron chi connectivity index (χ4n) is 2.24. The fourth-order valence-corrected chi connectivity index (χ4v) is 2.24. The van der Waals surface area contributed by atoms with Gasteiger partial charge in [-0.2, -0.15) is 0 Å². The Morgan fingerprint density at radius 2 is 1.89 bits per heavy atom. The molecule has 0 radical (unpaired) electrons. The number of halogens is 1. The van der Waals surface area contributed by atoms with Crippen LogP contribution in [0.15, 0.2) is 18.2 Å². The van der Waals surface area contributed by atoms with Crippen molar-refractivity contribution in [3.63, 3.8) is 0 Å². The Labute approximate surface area is 111 Å². The summed E-state index contributed by atoms with van der Waals surface area (Å²) in [6.45, 7) is 0.754. The second-order valence-corrected chi connectivity index (χ2v) is 4.50. The van der Waals surface area contributed by atoms with Gasteiger partial charge in [0.05, 0.1) is 5.56 Å². The number of carbonyl (C=O) groups is 1. The second kappa shape index (κ2) is 5.54.